The fourth-order valence-electron chi connectivity index (χ4n) is 4.57. The van der Waals surface area contributed by atoms with Crippen LogP contribution in [-0.4, -0.2) is 37.4 Å². The molecule has 1 amide bonds. The maximum atomic E-state index is 12.6. The Hall–Kier alpha value is -3.84. The van der Waals surface area contributed by atoms with Crippen molar-refractivity contribution in [1.29, 1.82) is 0 Å². The van der Waals surface area contributed by atoms with Crippen LogP contribution in [0.5, 0.6) is 11.5 Å². The Morgan fingerprint density at radius 3 is 2.17 bits per heavy atom. The molecule has 0 saturated carbocycles. The number of ether oxygens (including phenoxy) is 3. The number of unbranched alkanes of at least 4 members (excludes halogenated alkanes) is 2. The molecule has 7 nitrogen and oxygen atoms in total. The number of carbonyl (C=O) groups is 2. The molecule has 36 heavy (non-hydrogen) atoms. The van der Waals surface area contributed by atoms with Crippen LogP contribution in [0.1, 0.15) is 57.4 Å². The monoisotopic (exact) mass is 489 g/mol. The number of carbonyl (C=O) groups excluding carboxylic acids is 2. The van der Waals surface area contributed by atoms with Crippen LogP contribution in [0.3, 0.4) is 0 Å². The molecule has 0 bridgehead atoms. The number of aliphatic hydroxyl groups excluding tert-OH is 1. The molecule has 2 aliphatic rings. The Bertz CT molecular complexity index is 1220. The Morgan fingerprint density at radius 1 is 0.917 bits per heavy atom. The van der Waals surface area contributed by atoms with Crippen molar-refractivity contribution in [1.82, 2.24) is 5.32 Å². The van der Waals surface area contributed by atoms with Crippen LogP contribution in [-0.2, 0) is 15.1 Å². The van der Waals surface area contributed by atoms with Crippen LogP contribution in [0.25, 0.3) is 0 Å². The van der Waals surface area contributed by atoms with Crippen LogP contribution in [0, 0.1) is 13.8 Å². The molecule has 3 aromatic rings. The van der Waals surface area contributed by atoms with Crippen molar-refractivity contribution < 1.29 is 28.9 Å². The molecule has 2 heterocycles. The van der Waals surface area contributed by atoms with Gasteiger partial charge in [0.05, 0.1) is 12.7 Å². The van der Waals surface area contributed by atoms with E-state index in [1.165, 1.54) is 7.11 Å². The highest BCUT2D eigenvalue weighted by Crippen LogP contribution is 2.56. The Balaban J connectivity index is 0.000000237. The van der Waals surface area contributed by atoms with Crippen LogP contribution in [0.15, 0.2) is 60.7 Å². The van der Waals surface area contributed by atoms with Gasteiger partial charge in [-0.3, -0.25) is 0 Å². The quantitative estimate of drug-likeness (QED) is 0.369. The molecule has 188 valence electrons. The second kappa shape index (κ2) is 10.8. The lowest BCUT2D eigenvalue weighted by molar-refractivity contribution is 0.0224. The highest BCUT2D eigenvalue weighted by Gasteiger charge is 2.53. The van der Waals surface area contributed by atoms with Gasteiger partial charge in [-0.2, -0.15) is 0 Å². The predicted octanol–water partition coefficient (Wildman–Crippen LogP) is 5.38. The highest BCUT2D eigenvalue weighted by atomic mass is 16.6. The summed E-state index contributed by atoms with van der Waals surface area (Å²) < 4.78 is 16.6. The van der Waals surface area contributed by atoms with E-state index in [0.717, 1.165) is 58.6 Å². The summed E-state index contributed by atoms with van der Waals surface area (Å²) in [6, 6.07) is 19.7. The fourth-order valence-corrected chi connectivity index (χ4v) is 4.57. The minimum absolute atomic E-state index is 0.220. The average Bonchev–Trinajstić information content (AvgIpc) is 3.16. The van der Waals surface area contributed by atoms with E-state index in [0.29, 0.717) is 12.1 Å². The number of nitrogens with one attached hydrogen (secondary N) is 1. The van der Waals surface area contributed by atoms with E-state index >= 15 is 0 Å². The third-order valence-electron chi connectivity index (χ3n) is 6.31. The first-order valence-corrected chi connectivity index (χ1v) is 12.1. The van der Waals surface area contributed by atoms with Gasteiger partial charge in [0.2, 0.25) is 0 Å². The van der Waals surface area contributed by atoms with Crippen molar-refractivity contribution in [2.45, 2.75) is 38.7 Å². The number of hydrogen-bond acceptors (Lipinski definition) is 6. The first kappa shape index (κ1) is 25.3. The standard InChI is InChI=1S/C22H16O3.C7H15NO3/c1-13-7-9-17-19(11-13)24-20-12-14(2)8-10-18(20)22(17)16-6-4-3-5-15(16)21(23)25-22;1-11-7(10)8-5-3-2-4-6-9/h3-12H,1-2H3;9H,2-6H2,1H3,(H,8,10). The highest BCUT2D eigenvalue weighted by molar-refractivity contribution is 5.97. The SMILES string of the molecule is COC(=O)NCCCCCO.Cc1ccc2c(c1)Oc1cc(C)ccc1C21OC(=O)c2ccccc21. The molecular formula is C29H31NO6. The van der Waals surface area contributed by atoms with Crippen LogP contribution < -0.4 is 10.1 Å². The van der Waals surface area contributed by atoms with Gasteiger partial charge in [0.25, 0.3) is 0 Å². The topological polar surface area (TPSA) is 94.1 Å². The molecule has 5 rings (SSSR count). The minimum Gasteiger partial charge on any atom is -0.456 e. The molecule has 0 saturated heterocycles. The largest absolute Gasteiger partial charge is 0.456 e. The third-order valence-corrected chi connectivity index (χ3v) is 6.31. The van der Waals surface area contributed by atoms with Gasteiger partial charge in [-0.15, -0.1) is 0 Å². The number of fused-ring (bicyclic) bond motifs is 6. The number of aryl methyl sites for hydroxylation is 2. The van der Waals surface area contributed by atoms with Crippen molar-refractivity contribution in [3.63, 3.8) is 0 Å². The van der Waals surface area contributed by atoms with Gasteiger partial charge in [0.1, 0.15) is 11.5 Å². The summed E-state index contributed by atoms with van der Waals surface area (Å²) in [5.41, 5.74) is 4.48. The van der Waals surface area contributed by atoms with Crippen LogP contribution in [0.4, 0.5) is 4.79 Å². The summed E-state index contributed by atoms with van der Waals surface area (Å²) in [6.07, 6.45) is 2.22. The normalized spacial score (nSPS) is 13.8. The molecule has 0 fully saturated rings. The van der Waals surface area contributed by atoms with E-state index in [-0.39, 0.29) is 12.6 Å². The van der Waals surface area contributed by atoms with E-state index < -0.39 is 11.7 Å². The minimum atomic E-state index is -0.946. The van der Waals surface area contributed by atoms with E-state index in [1.807, 2.05) is 74.5 Å². The number of hydrogen-bond donors (Lipinski definition) is 2. The maximum Gasteiger partial charge on any atom is 0.406 e. The van der Waals surface area contributed by atoms with Crippen molar-refractivity contribution in [2.75, 3.05) is 20.3 Å². The van der Waals surface area contributed by atoms with Gasteiger partial charge in [0, 0.05) is 29.8 Å². The Labute approximate surface area is 211 Å². The Morgan fingerprint density at radius 2 is 1.56 bits per heavy atom. The summed E-state index contributed by atoms with van der Waals surface area (Å²) in [7, 11) is 1.34. The lowest BCUT2D eigenvalue weighted by Gasteiger charge is -2.36. The summed E-state index contributed by atoms with van der Waals surface area (Å²) in [6.45, 7) is 4.89. The lowest BCUT2D eigenvalue weighted by atomic mass is 9.77. The molecule has 2 aliphatic heterocycles. The Kier molecular flexibility index (Phi) is 7.60. The van der Waals surface area contributed by atoms with Gasteiger partial charge in [-0.05, 0) is 62.4 Å². The molecule has 0 aromatic heterocycles. The first-order chi connectivity index (χ1) is 17.4. The molecular weight excluding hydrogens is 458 g/mol. The molecule has 2 N–H and O–H groups in total. The zero-order valence-electron chi connectivity index (χ0n) is 20.8. The molecule has 0 unspecified atom stereocenters. The molecule has 0 aliphatic carbocycles. The predicted molar refractivity (Wildman–Crippen MR) is 136 cm³/mol. The van der Waals surface area contributed by atoms with Crippen LogP contribution >= 0.6 is 0 Å². The number of benzene rings is 3. The van der Waals surface area contributed by atoms with Crippen molar-refractivity contribution in [2.24, 2.45) is 0 Å². The number of aliphatic hydroxyl groups is 1. The number of alkyl carbamates (subject to hydrolysis) is 1. The number of rotatable bonds is 5. The number of methoxy groups -OCH3 is 1. The van der Waals surface area contributed by atoms with Crippen molar-refractivity contribution in [3.8, 4) is 11.5 Å². The molecule has 0 atom stereocenters. The number of esters is 1. The zero-order valence-corrected chi connectivity index (χ0v) is 20.8. The summed E-state index contributed by atoms with van der Waals surface area (Å²) >= 11 is 0. The van der Waals surface area contributed by atoms with E-state index in [9.17, 15) is 9.59 Å². The first-order valence-electron chi connectivity index (χ1n) is 12.1. The van der Waals surface area contributed by atoms with Gasteiger partial charge in [-0.1, -0.05) is 42.5 Å². The molecule has 0 radical (unpaired) electrons. The lowest BCUT2D eigenvalue weighted by Crippen LogP contribution is -2.33. The van der Waals surface area contributed by atoms with Gasteiger partial charge in [-0.25, -0.2) is 9.59 Å². The van der Waals surface area contributed by atoms with E-state index in [1.54, 1.807) is 0 Å². The van der Waals surface area contributed by atoms with Gasteiger partial charge in [0.15, 0.2) is 5.60 Å². The summed E-state index contributed by atoms with van der Waals surface area (Å²) in [5, 5.41) is 11.0. The van der Waals surface area contributed by atoms with Gasteiger partial charge < -0.3 is 24.6 Å². The van der Waals surface area contributed by atoms with Crippen LogP contribution in [0.2, 0.25) is 0 Å². The fraction of sp³-hybridized carbons (Fsp3) is 0.310. The molecule has 1 spiro atoms. The summed E-state index contributed by atoms with van der Waals surface area (Å²) in [5.74, 6) is 1.18. The third kappa shape index (κ3) is 4.79. The smallest absolute Gasteiger partial charge is 0.406 e. The zero-order chi connectivity index (χ0) is 25.7. The number of amides is 1. The maximum absolute atomic E-state index is 12.6. The van der Waals surface area contributed by atoms with Crippen molar-refractivity contribution >= 4 is 12.1 Å². The van der Waals surface area contributed by atoms with E-state index in [4.69, 9.17) is 14.6 Å². The average molecular weight is 490 g/mol. The summed E-state index contributed by atoms with van der Waals surface area (Å²) in [4.78, 5) is 23.1. The molecule has 7 heteroatoms. The molecule has 3 aromatic carbocycles. The van der Waals surface area contributed by atoms with Gasteiger partial charge >= 0.3 is 12.1 Å². The second-order valence-corrected chi connectivity index (χ2v) is 8.92. The second-order valence-electron chi connectivity index (χ2n) is 8.92. The van der Waals surface area contributed by atoms with Crippen molar-refractivity contribution in [3.05, 3.63) is 94.0 Å². The van der Waals surface area contributed by atoms with E-state index in [2.05, 4.69) is 10.1 Å².